The summed E-state index contributed by atoms with van der Waals surface area (Å²) in [6.07, 6.45) is 1.18. The second-order valence-corrected chi connectivity index (χ2v) is 5.35. The van der Waals surface area contributed by atoms with E-state index in [1.165, 1.54) is 31.6 Å². The Morgan fingerprint density at radius 1 is 1.21 bits per heavy atom. The Labute approximate surface area is 110 Å². The molecule has 7 nitrogen and oxygen atoms in total. The average molecular weight is 280 g/mol. The number of nitrogens with zero attached hydrogens (tertiary/aromatic N) is 3. The summed E-state index contributed by atoms with van der Waals surface area (Å²) >= 11 is 0. The lowest BCUT2D eigenvalue weighted by molar-refractivity contribution is 0.397. The normalized spacial score (nSPS) is 11.1. The average Bonchev–Trinajstić information content (AvgIpc) is 2.47. The van der Waals surface area contributed by atoms with E-state index in [1.807, 2.05) is 0 Å². The zero-order valence-electron chi connectivity index (χ0n) is 10.1. The van der Waals surface area contributed by atoms with Crippen molar-refractivity contribution in [2.24, 2.45) is 5.84 Å². The minimum Gasteiger partial charge on any atom is -0.481 e. The van der Waals surface area contributed by atoms with E-state index in [0.717, 1.165) is 0 Å². The molecule has 0 saturated carbocycles. The summed E-state index contributed by atoms with van der Waals surface area (Å²) in [5.41, 5.74) is 0. The molecule has 0 amide bonds. The van der Waals surface area contributed by atoms with Gasteiger partial charge in [0.15, 0.2) is 5.82 Å². The van der Waals surface area contributed by atoms with Crippen molar-refractivity contribution in [3.63, 3.8) is 0 Å². The quantitative estimate of drug-likeness (QED) is 0.649. The zero-order valence-corrected chi connectivity index (χ0v) is 10.9. The molecule has 0 aliphatic carbocycles. The fourth-order valence-corrected chi connectivity index (χ4v) is 2.47. The summed E-state index contributed by atoms with van der Waals surface area (Å²) < 4.78 is 29.9. The van der Waals surface area contributed by atoms with E-state index in [1.54, 1.807) is 18.2 Å². The summed E-state index contributed by atoms with van der Waals surface area (Å²) in [5, 5.41) is 0. The van der Waals surface area contributed by atoms with Crippen LogP contribution in [0.1, 0.15) is 0 Å². The van der Waals surface area contributed by atoms with Crippen LogP contribution in [0, 0.1) is 0 Å². The van der Waals surface area contributed by atoms with Crippen molar-refractivity contribution in [3.8, 4) is 5.88 Å². The minimum absolute atomic E-state index is 0.0238. The van der Waals surface area contributed by atoms with E-state index in [4.69, 9.17) is 10.6 Å². The fourth-order valence-electron chi connectivity index (χ4n) is 1.39. The number of methoxy groups -OCH3 is 1. The first kappa shape index (κ1) is 13.2. The number of rotatable bonds is 4. The Morgan fingerprint density at radius 3 is 2.53 bits per heavy atom. The van der Waals surface area contributed by atoms with Crippen molar-refractivity contribution in [3.05, 3.63) is 42.7 Å². The van der Waals surface area contributed by atoms with Crippen LogP contribution in [-0.4, -0.2) is 25.5 Å². The summed E-state index contributed by atoms with van der Waals surface area (Å²) in [6, 6.07) is 9.18. The minimum atomic E-state index is -3.85. The molecule has 100 valence electrons. The van der Waals surface area contributed by atoms with Gasteiger partial charge in [-0.2, -0.15) is 12.8 Å². The van der Waals surface area contributed by atoms with Crippen molar-refractivity contribution in [2.45, 2.75) is 4.90 Å². The maximum absolute atomic E-state index is 12.2. The molecule has 1 aromatic carbocycles. The molecule has 0 aliphatic rings. The first-order valence-electron chi connectivity index (χ1n) is 5.27. The van der Waals surface area contributed by atoms with Crippen molar-refractivity contribution < 1.29 is 13.2 Å². The summed E-state index contributed by atoms with van der Waals surface area (Å²) in [7, 11) is -2.44. The van der Waals surface area contributed by atoms with Crippen molar-refractivity contribution in [1.29, 1.82) is 0 Å². The molecular formula is C11H12N4O3S. The molecule has 2 aromatic rings. The molecule has 0 fully saturated rings. The molecule has 0 atom stereocenters. The number of aromatic nitrogens is 2. The zero-order chi connectivity index (χ0) is 13.9. The molecule has 0 aliphatic heterocycles. The van der Waals surface area contributed by atoms with E-state index in [-0.39, 0.29) is 16.6 Å². The van der Waals surface area contributed by atoms with Gasteiger partial charge in [-0.15, -0.1) is 0 Å². The van der Waals surface area contributed by atoms with E-state index in [0.29, 0.717) is 4.41 Å². The molecule has 1 aromatic heterocycles. The highest BCUT2D eigenvalue weighted by Gasteiger charge is 2.23. The highest BCUT2D eigenvalue weighted by atomic mass is 32.2. The van der Waals surface area contributed by atoms with Gasteiger partial charge in [0.2, 0.25) is 5.88 Å². The smallest absolute Gasteiger partial charge is 0.278 e. The van der Waals surface area contributed by atoms with Gasteiger partial charge < -0.3 is 4.74 Å². The van der Waals surface area contributed by atoms with Crippen LogP contribution in [0.3, 0.4) is 0 Å². The molecular weight excluding hydrogens is 268 g/mol. The third-order valence-corrected chi connectivity index (χ3v) is 3.94. The van der Waals surface area contributed by atoms with Gasteiger partial charge in [-0.1, -0.05) is 18.2 Å². The van der Waals surface area contributed by atoms with Gasteiger partial charge in [-0.3, -0.25) is 0 Å². The van der Waals surface area contributed by atoms with Crippen LogP contribution in [0.4, 0.5) is 5.82 Å². The van der Waals surface area contributed by atoms with Crippen LogP contribution in [0.2, 0.25) is 0 Å². The van der Waals surface area contributed by atoms with Gasteiger partial charge in [0.1, 0.15) is 6.33 Å². The van der Waals surface area contributed by atoms with Crippen LogP contribution < -0.4 is 15.0 Å². The monoisotopic (exact) mass is 280 g/mol. The number of sulfonamides is 1. The molecule has 8 heteroatoms. The third kappa shape index (κ3) is 2.64. The molecule has 0 unspecified atom stereocenters. The first-order chi connectivity index (χ1) is 9.05. The molecule has 0 spiro atoms. The van der Waals surface area contributed by atoms with E-state index in [9.17, 15) is 8.42 Å². The lowest BCUT2D eigenvalue weighted by Crippen LogP contribution is -2.38. The topological polar surface area (TPSA) is 98.4 Å². The Balaban J connectivity index is 2.40. The van der Waals surface area contributed by atoms with Crippen LogP contribution in [0.25, 0.3) is 0 Å². The van der Waals surface area contributed by atoms with Gasteiger partial charge in [0.05, 0.1) is 12.0 Å². The Morgan fingerprint density at radius 2 is 1.89 bits per heavy atom. The predicted octanol–water partition coefficient (Wildman–Crippen LogP) is 0.554. The van der Waals surface area contributed by atoms with Gasteiger partial charge in [-0.25, -0.2) is 15.8 Å². The van der Waals surface area contributed by atoms with E-state index >= 15 is 0 Å². The molecule has 2 rings (SSSR count). The van der Waals surface area contributed by atoms with Gasteiger partial charge in [0.25, 0.3) is 10.0 Å². The summed E-state index contributed by atoms with van der Waals surface area (Å²) in [5.74, 6) is 5.88. The second kappa shape index (κ2) is 5.21. The number of benzene rings is 1. The maximum Gasteiger partial charge on any atom is 0.278 e. The highest BCUT2D eigenvalue weighted by Crippen LogP contribution is 2.20. The number of anilines is 1. The highest BCUT2D eigenvalue weighted by molar-refractivity contribution is 7.92. The SMILES string of the molecule is COc1cc(N(N)S(=O)(=O)c2ccccc2)ncn1. The van der Waals surface area contributed by atoms with Gasteiger partial charge in [-0.05, 0) is 12.1 Å². The van der Waals surface area contributed by atoms with Crippen molar-refractivity contribution >= 4 is 15.8 Å². The lowest BCUT2D eigenvalue weighted by atomic mass is 10.4. The van der Waals surface area contributed by atoms with Gasteiger partial charge in [0, 0.05) is 6.07 Å². The first-order valence-corrected chi connectivity index (χ1v) is 6.71. The Bertz CT molecular complexity index is 661. The van der Waals surface area contributed by atoms with Crippen LogP contribution in [0.5, 0.6) is 5.88 Å². The number of hydrogen-bond acceptors (Lipinski definition) is 6. The summed E-state index contributed by atoms with van der Waals surface area (Å²) in [6.45, 7) is 0. The van der Waals surface area contributed by atoms with Crippen molar-refractivity contribution in [1.82, 2.24) is 9.97 Å². The molecule has 1 heterocycles. The second-order valence-electron chi connectivity index (χ2n) is 3.53. The third-order valence-electron chi connectivity index (χ3n) is 2.36. The molecule has 19 heavy (non-hydrogen) atoms. The van der Waals surface area contributed by atoms with E-state index in [2.05, 4.69) is 9.97 Å². The van der Waals surface area contributed by atoms with E-state index < -0.39 is 10.0 Å². The number of hydrogen-bond donors (Lipinski definition) is 1. The lowest BCUT2D eigenvalue weighted by Gasteiger charge is -2.17. The Kier molecular flexibility index (Phi) is 3.63. The molecule has 0 bridgehead atoms. The summed E-state index contributed by atoms with van der Waals surface area (Å²) in [4.78, 5) is 7.67. The maximum atomic E-state index is 12.2. The largest absolute Gasteiger partial charge is 0.481 e. The Hall–Kier alpha value is -2.19. The standard InChI is InChI=1S/C11H12N4O3S/c1-18-11-7-10(13-8-14-11)15(12)19(16,17)9-5-3-2-4-6-9/h2-8H,12H2,1H3. The number of nitrogens with two attached hydrogens (primary N) is 1. The molecule has 2 N–H and O–H groups in total. The predicted molar refractivity (Wildman–Crippen MR) is 68.9 cm³/mol. The number of ether oxygens (including phenoxy) is 1. The van der Waals surface area contributed by atoms with Crippen LogP contribution in [0.15, 0.2) is 47.6 Å². The van der Waals surface area contributed by atoms with Crippen LogP contribution in [-0.2, 0) is 10.0 Å². The molecule has 0 radical (unpaired) electrons. The fraction of sp³-hybridized carbons (Fsp3) is 0.0909. The number of hydrazine groups is 1. The van der Waals surface area contributed by atoms with Gasteiger partial charge >= 0.3 is 0 Å². The van der Waals surface area contributed by atoms with Crippen molar-refractivity contribution in [2.75, 3.05) is 11.5 Å². The molecule has 0 saturated heterocycles. The van der Waals surface area contributed by atoms with Crippen LogP contribution >= 0.6 is 0 Å².